The number of phenols is 2. The molecule has 0 aliphatic rings. The summed E-state index contributed by atoms with van der Waals surface area (Å²) in [6, 6.07) is 10.4. The molecule has 0 spiro atoms. The molecule has 0 aromatic heterocycles. The van der Waals surface area contributed by atoms with Gasteiger partial charge in [0.25, 0.3) is 0 Å². The minimum atomic E-state index is 0.109. The van der Waals surface area contributed by atoms with E-state index in [4.69, 9.17) is 9.47 Å². The predicted octanol–water partition coefficient (Wildman–Crippen LogP) is 2.90. The molecule has 0 fully saturated rings. The summed E-state index contributed by atoms with van der Waals surface area (Å²) in [5, 5.41) is 19.5. The second kappa shape index (κ2) is 6.19. The van der Waals surface area contributed by atoms with Crippen molar-refractivity contribution in [1.29, 1.82) is 0 Å². The third kappa shape index (κ3) is 2.96. The van der Waals surface area contributed by atoms with Crippen LogP contribution in [0.5, 0.6) is 23.0 Å². The quantitative estimate of drug-likeness (QED) is 0.880. The maximum Gasteiger partial charge on any atom is 0.125 e. The van der Waals surface area contributed by atoms with Gasteiger partial charge >= 0.3 is 0 Å². The van der Waals surface area contributed by atoms with E-state index < -0.39 is 0 Å². The van der Waals surface area contributed by atoms with Crippen molar-refractivity contribution in [3.63, 3.8) is 0 Å². The molecule has 0 aliphatic carbocycles. The minimum Gasteiger partial charge on any atom is -0.508 e. The van der Waals surface area contributed by atoms with Crippen LogP contribution < -0.4 is 9.47 Å². The molecular weight excluding hydrogens is 256 g/mol. The van der Waals surface area contributed by atoms with E-state index in [2.05, 4.69) is 0 Å². The number of ether oxygens (including phenoxy) is 2. The van der Waals surface area contributed by atoms with Crippen LogP contribution in [0.1, 0.15) is 11.1 Å². The fraction of sp³-hybridized carbons (Fsp3) is 0.250. The molecule has 0 unspecified atom stereocenters. The van der Waals surface area contributed by atoms with Crippen LogP contribution in [0.3, 0.4) is 0 Å². The Kier molecular flexibility index (Phi) is 4.35. The smallest absolute Gasteiger partial charge is 0.125 e. The van der Waals surface area contributed by atoms with Gasteiger partial charge in [-0.3, -0.25) is 0 Å². The first-order valence-corrected chi connectivity index (χ1v) is 6.36. The average Bonchev–Trinajstić information content (AvgIpc) is 2.46. The Labute approximate surface area is 118 Å². The number of hydrogen-bond donors (Lipinski definition) is 2. The summed E-state index contributed by atoms with van der Waals surface area (Å²) < 4.78 is 10.5. The van der Waals surface area contributed by atoms with Gasteiger partial charge in [-0.15, -0.1) is 0 Å². The van der Waals surface area contributed by atoms with Gasteiger partial charge in [0.15, 0.2) is 0 Å². The molecule has 4 nitrogen and oxygen atoms in total. The van der Waals surface area contributed by atoms with Crippen molar-refractivity contribution in [2.24, 2.45) is 0 Å². The zero-order chi connectivity index (χ0) is 14.5. The Bertz CT molecular complexity index is 573. The highest BCUT2D eigenvalue weighted by molar-refractivity contribution is 5.45. The molecule has 0 saturated carbocycles. The summed E-state index contributed by atoms with van der Waals surface area (Å²) in [5.74, 6) is 1.69. The maximum absolute atomic E-state index is 9.77. The third-order valence-corrected chi connectivity index (χ3v) is 3.27. The number of rotatable bonds is 5. The molecule has 2 N–H and O–H groups in total. The summed E-state index contributed by atoms with van der Waals surface area (Å²) >= 11 is 0. The van der Waals surface area contributed by atoms with E-state index in [1.165, 1.54) is 0 Å². The van der Waals surface area contributed by atoms with E-state index in [0.717, 1.165) is 17.1 Å². The van der Waals surface area contributed by atoms with E-state index >= 15 is 0 Å². The first kappa shape index (κ1) is 14.1. The van der Waals surface area contributed by atoms with E-state index in [0.29, 0.717) is 18.4 Å². The van der Waals surface area contributed by atoms with Crippen LogP contribution in [-0.4, -0.2) is 24.4 Å². The Morgan fingerprint density at radius 3 is 2.20 bits per heavy atom. The fourth-order valence-electron chi connectivity index (χ4n) is 2.14. The number of aryl methyl sites for hydroxylation is 1. The normalized spacial score (nSPS) is 10.3. The Balaban J connectivity index is 2.19. The molecule has 0 radical (unpaired) electrons. The van der Waals surface area contributed by atoms with Crippen LogP contribution in [0, 0.1) is 0 Å². The molecule has 4 heteroatoms. The van der Waals surface area contributed by atoms with Crippen LogP contribution in [0.15, 0.2) is 36.4 Å². The fourth-order valence-corrected chi connectivity index (χ4v) is 2.14. The largest absolute Gasteiger partial charge is 0.508 e. The number of benzene rings is 2. The van der Waals surface area contributed by atoms with Gasteiger partial charge in [-0.2, -0.15) is 0 Å². The molecule has 2 aromatic rings. The monoisotopic (exact) mass is 274 g/mol. The summed E-state index contributed by atoms with van der Waals surface area (Å²) in [6.07, 6.45) is 1.18. The molecule has 2 aromatic carbocycles. The van der Waals surface area contributed by atoms with Crippen molar-refractivity contribution < 1.29 is 19.7 Å². The van der Waals surface area contributed by atoms with E-state index in [-0.39, 0.29) is 11.5 Å². The van der Waals surface area contributed by atoms with Gasteiger partial charge in [-0.25, -0.2) is 0 Å². The SMILES string of the molecule is COc1ccc(CCc2c(O)cccc2O)c(OC)c1. The summed E-state index contributed by atoms with van der Waals surface area (Å²) in [5.41, 5.74) is 1.54. The number of phenolic OH excluding ortho intramolecular Hbond substituents is 2. The average molecular weight is 274 g/mol. The van der Waals surface area contributed by atoms with Crippen LogP contribution >= 0.6 is 0 Å². The van der Waals surface area contributed by atoms with Crippen LogP contribution in [0.25, 0.3) is 0 Å². The molecule has 20 heavy (non-hydrogen) atoms. The second-order valence-electron chi connectivity index (χ2n) is 4.45. The number of hydrogen-bond acceptors (Lipinski definition) is 4. The summed E-state index contributed by atoms with van der Waals surface area (Å²) in [4.78, 5) is 0. The maximum atomic E-state index is 9.77. The lowest BCUT2D eigenvalue weighted by molar-refractivity contribution is 0.390. The lowest BCUT2D eigenvalue weighted by Gasteiger charge is -2.11. The number of aromatic hydroxyl groups is 2. The molecular formula is C16H18O4. The predicted molar refractivity (Wildman–Crippen MR) is 76.7 cm³/mol. The van der Waals surface area contributed by atoms with Crippen LogP contribution in [-0.2, 0) is 12.8 Å². The Morgan fingerprint density at radius 2 is 1.60 bits per heavy atom. The topological polar surface area (TPSA) is 58.9 Å². The Hall–Kier alpha value is -2.36. The van der Waals surface area contributed by atoms with Crippen molar-refractivity contribution in [1.82, 2.24) is 0 Å². The third-order valence-electron chi connectivity index (χ3n) is 3.27. The van der Waals surface area contributed by atoms with Gasteiger partial charge in [0.2, 0.25) is 0 Å². The summed E-state index contributed by atoms with van der Waals surface area (Å²) in [7, 11) is 3.21. The van der Waals surface area contributed by atoms with E-state index in [9.17, 15) is 10.2 Å². The zero-order valence-corrected chi connectivity index (χ0v) is 11.6. The molecule has 0 bridgehead atoms. The zero-order valence-electron chi connectivity index (χ0n) is 11.6. The van der Waals surface area contributed by atoms with Crippen molar-refractivity contribution in [3.05, 3.63) is 47.5 Å². The Morgan fingerprint density at radius 1 is 0.900 bits per heavy atom. The van der Waals surface area contributed by atoms with Crippen molar-refractivity contribution in [2.75, 3.05) is 14.2 Å². The lowest BCUT2D eigenvalue weighted by atomic mass is 10.0. The van der Waals surface area contributed by atoms with Gasteiger partial charge in [0.1, 0.15) is 23.0 Å². The van der Waals surface area contributed by atoms with E-state index in [1.54, 1.807) is 32.4 Å². The van der Waals surface area contributed by atoms with Gasteiger partial charge in [-0.1, -0.05) is 12.1 Å². The van der Waals surface area contributed by atoms with Gasteiger partial charge < -0.3 is 19.7 Å². The molecule has 0 amide bonds. The highest BCUT2D eigenvalue weighted by atomic mass is 16.5. The molecule has 0 aliphatic heterocycles. The highest BCUT2D eigenvalue weighted by Crippen LogP contribution is 2.30. The minimum absolute atomic E-state index is 0.109. The lowest BCUT2D eigenvalue weighted by Crippen LogP contribution is -1.97. The van der Waals surface area contributed by atoms with Gasteiger partial charge in [0.05, 0.1) is 14.2 Å². The standard InChI is InChI=1S/C16H18O4/c1-19-12-8-6-11(16(10-12)20-2)7-9-13-14(17)4-3-5-15(13)18/h3-6,8,10,17-18H,7,9H2,1-2H3. The van der Waals surface area contributed by atoms with Gasteiger partial charge in [-0.05, 0) is 36.6 Å². The van der Waals surface area contributed by atoms with Crippen LogP contribution in [0.4, 0.5) is 0 Å². The highest BCUT2D eigenvalue weighted by Gasteiger charge is 2.10. The van der Waals surface area contributed by atoms with Gasteiger partial charge in [0, 0.05) is 11.6 Å². The van der Waals surface area contributed by atoms with Crippen LogP contribution in [0.2, 0.25) is 0 Å². The number of methoxy groups -OCH3 is 2. The second-order valence-corrected chi connectivity index (χ2v) is 4.45. The molecule has 0 heterocycles. The van der Waals surface area contributed by atoms with Crippen molar-refractivity contribution >= 4 is 0 Å². The molecule has 2 rings (SSSR count). The summed E-state index contributed by atoms with van der Waals surface area (Å²) in [6.45, 7) is 0. The molecule has 106 valence electrons. The van der Waals surface area contributed by atoms with Crippen molar-refractivity contribution in [2.45, 2.75) is 12.8 Å². The molecule has 0 saturated heterocycles. The first-order chi connectivity index (χ1) is 9.65. The first-order valence-electron chi connectivity index (χ1n) is 6.36. The van der Waals surface area contributed by atoms with Crippen molar-refractivity contribution in [3.8, 4) is 23.0 Å². The molecule has 0 atom stereocenters. The van der Waals surface area contributed by atoms with E-state index in [1.807, 2.05) is 18.2 Å².